The molecule has 0 bridgehead atoms. The monoisotopic (exact) mass is 447 g/mol. The number of rotatable bonds is 7. The van der Waals surface area contributed by atoms with Crippen LogP contribution in [0.3, 0.4) is 0 Å². The molecule has 3 rings (SSSR count). The number of esters is 1. The van der Waals surface area contributed by atoms with Gasteiger partial charge in [0.15, 0.2) is 6.61 Å². The van der Waals surface area contributed by atoms with Gasteiger partial charge in [0.05, 0.1) is 21.3 Å². The Balaban J connectivity index is 1.54. The Bertz CT molecular complexity index is 1040. The van der Waals surface area contributed by atoms with E-state index in [2.05, 4.69) is 5.32 Å². The molecule has 154 valence electrons. The first-order valence-corrected chi connectivity index (χ1v) is 9.56. The number of halogens is 3. The Morgan fingerprint density at radius 3 is 2.30 bits per heavy atom. The molecule has 0 saturated carbocycles. The summed E-state index contributed by atoms with van der Waals surface area (Å²) in [7, 11) is 0. The van der Waals surface area contributed by atoms with Crippen LogP contribution < -0.4 is 10.1 Å². The maximum Gasteiger partial charge on any atom is 0.338 e. The standard InChI is InChI=1S/C22H16Cl2FNO4/c23-18-5-2-6-19(24)21(18)26-20(27)13-30-22(28)15-3-1-4-17(11-15)29-12-14-7-9-16(25)10-8-14/h1-11H,12-13H2,(H,26,27). The maximum atomic E-state index is 12.9. The summed E-state index contributed by atoms with van der Waals surface area (Å²) in [5, 5.41) is 3.05. The second-order valence-corrected chi connectivity index (χ2v) is 6.98. The molecule has 30 heavy (non-hydrogen) atoms. The Morgan fingerprint density at radius 2 is 1.60 bits per heavy atom. The molecule has 0 aromatic heterocycles. The summed E-state index contributed by atoms with van der Waals surface area (Å²) in [6.45, 7) is -0.305. The third-order valence-electron chi connectivity index (χ3n) is 3.95. The van der Waals surface area contributed by atoms with Crippen LogP contribution in [-0.4, -0.2) is 18.5 Å². The van der Waals surface area contributed by atoms with Gasteiger partial charge in [0.2, 0.25) is 0 Å². The van der Waals surface area contributed by atoms with E-state index in [1.807, 2.05) is 0 Å². The summed E-state index contributed by atoms with van der Waals surface area (Å²) in [4.78, 5) is 24.3. The Hall–Kier alpha value is -3.09. The molecule has 1 N–H and O–H groups in total. The number of ether oxygens (including phenoxy) is 2. The number of benzene rings is 3. The molecule has 3 aromatic rings. The molecule has 0 aliphatic heterocycles. The van der Waals surface area contributed by atoms with E-state index in [4.69, 9.17) is 32.7 Å². The topological polar surface area (TPSA) is 64.6 Å². The number of hydrogen-bond acceptors (Lipinski definition) is 4. The van der Waals surface area contributed by atoms with E-state index >= 15 is 0 Å². The van der Waals surface area contributed by atoms with Gasteiger partial charge < -0.3 is 14.8 Å². The van der Waals surface area contributed by atoms with Crippen LogP contribution in [0.25, 0.3) is 0 Å². The Kier molecular flexibility index (Phi) is 7.27. The van der Waals surface area contributed by atoms with Gasteiger partial charge in [-0.25, -0.2) is 9.18 Å². The Morgan fingerprint density at radius 1 is 0.933 bits per heavy atom. The van der Waals surface area contributed by atoms with Gasteiger partial charge in [-0.3, -0.25) is 4.79 Å². The predicted octanol–water partition coefficient (Wildman–Crippen LogP) is 5.51. The van der Waals surface area contributed by atoms with Crippen molar-refractivity contribution in [2.75, 3.05) is 11.9 Å². The number of amides is 1. The van der Waals surface area contributed by atoms with E-state index in [9.17, 15) is 14.0 Å². The van der Waals surface area contributed by atoms with Crippen molar-refractivity contribution in [1.29, 1.82) is 0 Å². The van der Waals surface area contributed by atoms with Crippen LogP contribution >= 0.6 is 23.2 Å². The normalized spacial score (nSPS) is 10.4. The predicted molar refractivity (Wildman–Crippen MR) is 113 cm³/mol. The number of anilines is 1. The lowest BCUT2D eigenvalue weighted by Gasteiger charge is -2.10. The molecule has 0 unspecified atom stereocenters. The number of hydrogen-bond donors (Lipinski definition) is 1. The molecule has 5 nitrogen and oxygen atoms in total. The van der Waals surface area contributed by atoms with Crippen molar-refractivity contribution in [3.8, 4) is 5.75 Å². The van der Waals surface area contributed by atoms with Crippen LogP contribution in [0.4, 0.5) is 10.1 Å². The van der Waals surface area contributed by atoms with Crippen LogP contribution in [0.15, 0.2) is 66.7 Å². The second-order valence-electron chi connectivity index (χ2n) is 6.16. The fourth-order valence-corrected chi connectivity index (χ4v) is 2.96. The number of para-hydroxylation sites is 1. The van der Waals surface area contributed by atoms with Crippen molar-refractivity contribution in [2.24, 2.45) is 0 Å². The smallest absolute Gasteiger partial charge is 0.338 e. The summed E-state index contributed by atoms with van der Waals surface area (Å²) in [5.41, 5.74) is 1.24. The summed E-state index contributed by atoms with van der Waals surface area (Å²) in [6.07, 6.45) is 0. The minimum atomic E-state index is -0.692. The molecule has 0 aliphatic rings. The van der Waals surface area contributed by atoms with Gasteiger partial charge in [0.25, 0.3) is 5.91 Å². The minimum Gasteiger partial charge on any atom is -0.489 e. The van der Waals surface area contributed by atoms with Gasteiger partial charge in [-0.1, -0.05) is 47.5 Å². The van der Waals surface area contributed by atoms with Crippen molar-refractivity contribution >= 4 is 40.8 Å². The van der Waals surface area contributed by atoms with E-state index in [0.29, 0.717) is 5.75 Å². The molecule has 0 saturated heterocycles. The average molecular weight is 448 g/mol. The molecule has 1 amide bonds. The van der Waals surface area contributed by atoms with E-state index in [0.717, 1.165) is 5.56 Å². The lowest BCUT2D eigenvalue weighted by Crippen LogP contribution is -2.21. The number of carbonyl (C=O) groups is 2. The molecular weight excluding hydrogens is 432 g/mol. The molecule has 0 atom stereocenters. The molecule has 3 aromatic carbocycles. The van der Waals surface area contributed by atoms with Crippen LogP contribution in [0, 0.1) is 5.82 Å². The molecule has 0 aliphatic carbocycles. The zero-order valence-corrected chi connectivity index (χ0v) is 17.0. The van der Waals surface area contributed by atoms with Gasteiger partial charge in [-0.05, 0) is 48.0 Å². The van der Waals surface area contributed by atoms with Gasteiger partial charge in [0, 0.05) is 0 Å². The summed E-state index contributed by atoms with van der Waals surface area (Å²) < 4.78 is 23.6. The van der Waals surface area contributed by atoms with Crippen LogP contribution in [0.5, 0.6) is 5.75 Å². The van der Waals surface area contributed by atoms with Crippen molar-refractivity contribution in [3.05, 3.63) is 93.7 Å². The van der Waals surface area contributed by atoms with Gasteiger partial charge >= 0.3 is 5.97 Å². The fourth-order valence-electron chi connectivity index (χ4n) is 2.47. The quantitative estimate of drug-likeness (QED) is 0.485. The first kappa shape index (κ1) is 21.6. The zero-order chi connectivity index (χ0) is 21.5. The summed E-state index contributed by atoms with van der Waals surface area (Å²) in [5.74, 6) is -1.17. The van der Waals surface area contributed by atoms with Crippen LogP contribution in [-0.2, 0) is 16.1 Å². The Labute approximate surface area is 182 Å². The van der Waals surface area contributed by atoms with Gasteiger partial charge in [-0.15, -0.1) is 0 Å². The first-order chi connectivity index (χ1) is 14.4. The van der Waals surface area contributed by atoms with Gasteiger partial charge in [0.1, 0.15) is 18.2 Å². The van der Waals surface area contributed by atoms with Gasteiger partial charge in [-0.2, -0.15) is 0 Å². The number of carbonyl (C=O) groups excluding carboxylic acids is 2. The summed E-state index contributed by atoms with van der Waals surface area (Å²) in [6, 6.07) is 17.0. The zero-order valence-electron chi connectivity index (χ0n) is 15.5. The lowest BCUT2D eigenvalue weighted by atomic mass is 10.2. The highest BCUT2D eigenvalue weighted by Crippen LogP contribution is 2.29. The van der Waals surface area contributed by atoms with Crippen molar-refractivity contribution in [3.63, 3.8) is 0 Å². The molecule has 0 heterocycles. The van der Waals surface area contributed by atoms with Crippen molar-refractivity contribution < 1.29 is 23.5 Å². The average Bonchev–Trinajstić information content (AvgIpc) is 2.74. The third kappa shape index (κ3) is 5.95. The molecular formula is C22H16Cl2FNO4. The third-order valence-corrected chi connectivity index (χ3v) is 4.58. The van der Waals surface area contributed by atoms with Crippen LogP contribution in [0.1, 0.15) is 15.9 Å². The van der Waals surface area contributed by atoms with Crippen molar-refractivity contribution in [1.82, 2.24) is 0 Å². The molecule has 0 fully saturated rings. The lowest BCUT2D eigenvalue weighted by molar-refractivity contribution is -0.119. The highest BCUT2D eigenvalue weighted by molar-refractivity contribution is 6.39. The molecule has 0 radical (unpaired) electrons. The molecule has 0 spiro atoms. The van der Waals surface area contributed by atoms with E-state index in [1.165, 1.54) is 24.3 Å². The minimum absolute atomic E-state index is 0.208. The highest BCUT2D eigenvalue weighted by atomic mass is 35.5. The van der Waals surface area contributed by atoms with E-state index < -0.39 is 18.5 Å². The van der Waals surface area contributed by atoms with E-state index in [-0.39, 0.29) is 33.7 Å². The first-order valence-electron chi connectivity index (χ1n) is 8.80. The highest BCUT2D eigenvalue weighted by Gasteiger charge is 2.14. The fraction of sp³-hybridized carbons (Fsp3) is 0.0909. The summed E-state index contributed by atoms with van der Waals surface area (Å²) >= 11 is 12.0. The van der Waals surface area contributed by atoms with Crippen molar-refractivity contribution in [2.45, 2.75) is 6.61 Å². The largest absolute Gasteiger partial charge is 0.489 e. The second kappa shape index (κ2) is 10.1. The van der Waals surface area contributed by atoms with Crippen LogP contribution in [0.2, 0.25) is 10.0 Å². The SMILES string of the molecule is O=C(COC(=O)c1cccc(OCc2ccc(F)cc2)c1)Nc1c(Cl)cccc1Cl. The molecule has 8 heteroatoms. The van der Waals surface area contributed by atoms with E-state index in [1.54, 1.807) is 42.5 Å². The maximum absolute atomic E-state index is 12.9. The number of nitrogens with one attached hydrogen (secondary N) is 1.